The van der Waals surface area contributed by atoms with Crippen LogP contribution in [0.15, 0.2) is 42.5 Å². The SMILES string of the molecule is CC(C)(C)OC(=O)[C@@H](CSCC(=O)c1ccc(OCc2c(F)cccc2F)cc1)C(=O)O. The fraction of sp³-hybridized carbons (Fsp3) is 0.348. The van der Waals surface area contributed by atoms with Crippen LogP contribution in [0.5, 0.6) is 5.75 Å². The molecule has 2 rings (SSSR count). The Morgan fingerprint density at radius 3 is 2.16 bits per heavy atom. The van der Waals surface area contributed by atoms with Gasteiger partial charge in [0.1, 0.15) is 29.6 Å². The average molecular weight is 467 g/mol. The first-order valence-electron chi connectivity index (χ1n) is 9.70. The number of ether oxygens (including phenoxy) is 2. The second-order valence-corrected chi connectivity index (χ2v) is 8.91. The lowest BCUT2D eigenvalue weighted by Crippen LogP contribution is -2.34. The van der Waals surface area contributed by atoms with Crippen LogP contribution in [0.2, 0.25) is 0 Å². The summed E-state index contributed by atoms with van der Waals surface area (Å²) in [5, 5.41) is 9.26. The highest BCUT2D eigenvalue weighted by atomic mass is 32.2. The Bertz CT molecular complexity index is 949. The second-order valence-electron chi connectivity index (χ2n) is 7.88. The normalized spacial score (nSPS) is 12.2. The summed E-state index contributed by atoms with van der Waals surface area (Å²) in [6, 6.07) is 9.53. The van der Waals surface area contributed by atoms with E-state index < -0.39 is 35.1 Å². The molecule has 1 N–H and O–H groups in total. The lowest BCUT2D eigenvalue weighted by atomic mass is 10.1. The van der Waals surface area contributed by atoms with Gasteiger partial charge in [0.05, 0.1) is 11.3 Å². The number of ketones is 1. The minimum atomic E-state index is -1.37. The van der Waals surface area contributed by atoms with Crippen LogP contribution in [0.1, 0.15) is 36.7 Å². The van der Waals surface area contributed by atoms with Crippen LogP contribution in [0.4, 0.5) is 8.78 Å². The first-order valence-corrected chi connectivity index (χ1v) is 10.9. The second kappa shape index (κ2) is 11.1. The number of carboxylic acids is 1. The summed E-state index contributed by atoms with van der Waals surface area (Å²) in [4.78, 5) is 35.7. The molecule has 0 amide bonds. The summed E-state index contributed by atoms with van der Waals surface area (Å²) >= 11 is 1.02. The summed E-state index contributed by atoms with van der Waals surface area (Å²) in [5.41, 5.74) is -0.652. The van der Waals surface area contributed by atoms with Gasteiger partial charge in [-0.3, -0.25) is 14.4 Å². The Hall–Kier alpha value is -2.94. The van der Waals surface area contributed by atoms with E-state index in [1.54, 1.807) is 20.8 Å². The van der Waals surface area contributed by atoms with Crippen molar-refractivity contribution in [2.45, 2.75) is 33.0 Å². The van der Waals surface area contributed by atoms with Gasteiger partial charge in [0.25, 0.3) is 0 Å². The van der Waals surface area contributed by atoms with Gasteiger partial charge in [-0.15, -0.1) is 0 Å². The van der Waals surface area contributed by atoms with Gasteiger partial charge in [-0.05, 0) is 57.2 Å². The molecule has 32 heavy (non-hydrogen) atoms. The Balaban J connectivity index is 1.88. The molecule has 0 aromatic heterocycles. The average Bonchev–Trinajstić information content (AvgIpc) is 2.69. The number of benzene rings is 2. The summed E-state index contributed by atoms with van der Waals surface area (Å²) in [6.07, 6.45) is 0. The van der Waals surface area contributed by atoms with Crippen molar-refractivity contribution in [3.05, 3.63) is 65.2 Å². The zero-order valence-electron chi connectivity index (χ0n) is 17.9. The van der Waals surface area contributed by atoms with Gasteiger partial charge in [-0.1, -0.05) is 6.07 Å². The van der Waals surface area contributed by atoms with E-state index in [2.05, 4.69) is 0 Å². The maximum atomic E-state index is 13.6. The molecule has 0 spiro atoms. The molecule has 0 aliphatic carbocycles. The molecule has 0 saturated heterocycles. The molecule has 172 valence electrons. The molecule has 0 unspecified atom stereocenters. The number of carbonyl (C=O) groups excluding carboxylic acids is 2. The number of carboxylic acid groups (broad SMARTS) is 1. The number of hydrogen-bond acceptors (Lipinski definition) is 6. The van der Waals surface area contributed by atoms with E-state index in [1.165, 1.54) is 30.3 Å². The molecule has 0 bridgehead atoms. The third-order valence-corrected chi connectivity index (χ3v) is 5.16. The maximum Gasteiger partial charge on any atom is 0.321 e. The highest BCUT2D eigenvalue weighted by Gasteiger charge is 2.31. The van der Waals surface area contributed by atoms with E-state index in [0.29, 0.717) is 11.3 Å². The summed E-state index contributed by atoms with van der Waals surface area (Å²) in [6.45, 7) is 4.62. The van der Waals surface area contributed by atoms with Gasteiger partial charge in [0, 0.05) is 11.3 Å². The standard InChI is InChI=1S/C23H24F2O6S/c1-23(2,3)31-22(29)17(21(27)28)12-32-13-20(26)14-7-9-15(10-8-14)30-11-16-18(24)5-4-6-19(16)25/h4-10,17H,11-13H2,1-3H3,(H,27,28)/t17-/m0/s1. The molecule has 2 aromatic rings. The molecule has 1 atom stereocenters. The highest BCUT2D eigenvalue weighted by molar-refractivity contribution is 8.00. The van der Waals surface area contributed by atoms with E-state index in [0.717, 1.165) is 23.9 Å². The molecule has 6 nitrogen and oxygen atoms in total. The summed E-state index contributed by atoms with van der Waals surface area (Å²) in [5.74, 6) is -5.03. The van der Waals surface area contributed by atoms with Crippen molar-refractivity contribution in [1.29, 1.82) is 0 Å². The topological polar surface area (TPSA) is 89.9 Å². The van der Waals surface area contributed by atoms with Gasteiger partial charge in [-0.2, -0.15) is 11.8 Å². The summed E-state index contributed by atoms with van der Waals surface area (Å²) in [7, 11) is 0. The molecule has 0 saturated carbocycles. The van der Waals surface area contributed by atoms with Crippen LogP contribution in [0.25, 0.3) is 0 Å². The van der Waals surface area contributed by atoms with Crippen molar-refractivity contribution < 1.29 is 37.7 Å². The predicted molar refractivity (Wildman–Crippen MR) is 116 cm³/mol. The first kappa shape index (κ1) is 25.3. The number of halogens is 2. The number of rotatable bonds is 10. The molecular formula is C23H24F2O6S. The van der Waals surface area contributed by atoms with Crippen molar-refractivity contribution in [3.8, 4) is 5.75 Å². The van der Waals surface area contributed by atoms with Crippen molar-refractivity contribution >= 4 is 29.5 Å². The molecule has 0 heterocycles. The molecule has 2 aromatic carbocycles. The molecule has 0 aliphatic heterocycles. The molecule has 0 radical (unpaired) electrons. The van der Waals surface area contributed by atoms with Crippen LogP contribution < -0.4 is 4.74 Å². The predicted octanol–water partition coefficient (Wildman–Crippen LogP) is 4.50. The van der Waals surface area contributed by atoms with Crippen molar-refractivity contribution in [3.63, 3.8) is 0 Å². The quantitative estimate of drug-likeness (QED) is 0.313. The Morgan fingerprint density at radius 2 is 1.62 bits per heavy atom. The monoisotopic (exact) mass is 466 g/mol. The Labute approximate surface area is 188 Å². The van der Waals surface area contributed by atoms with E-state index in [1.807, 2.05) is 0 Å². The molecule has 0 aliphatic rings. The van der Waals surface area contributed by atoms with Crippen LogP contribution in [-0.4, -0.2) is 39.9 Å². The lowest BCUT2D eigenvalue weighted by Gasteiger charge is -2.22. The zero-order chi connectivity index (χ0) is 23.9. The fourth-order valence-electron chi connectivity index (χ4n) is 2.53. The van der Waals surface area contributed by atoms with Gasteiger partial charge >= 0.3 is 11.9 Å². The van der Waals surface area contributed by atoms with Gasteiger partial charge < -0.3 is 14.6 Å². The number of aliphatic carboxylic acids is 1. The van der Waals surface area contributed by atoms with Crippen LogP contribution in [-0.2, 0) is 20.9 Å². The van der Waals surface area contributed by atoms with E-state index >= 15 is 0 Å². The third kappa shape index (κ3) is 7.64. The molecule has 9 heteroatoms. The molecule has 0 fully saturated rings. The minimum absolute atomic E-state index is 0.0345. The van der Waals surface area contributed by atoms with Crippen LogP contribution >= 0.6 is 11.8 Å². The van der Waals surface area contributed by atoms with Crippen LogP contribution in [0, 0.1) is 17.6 Å². The first-order chi connectivity index (χ1) is 15.0. The van der Waals surface area contributed by atoms with E-state index in [9.17, 15) is 28.3 Å². The van der Waals surface area contributed by atoms with E-state index in [4.69, 9.17) is 9.47 Å². The van der Waals surface area contributed by atoms with Crippen molar-refractivity contribution in [1.82, 2.24) is 0 Å². The van der Waals surface area contributed by atoms with Gasteiger partial charge in [0.2, 0.25) is 0 Å². The number of Topliss-reactive ketones (excluding diaryl/α,β-unsaturated/α-hetero) is 1. The number of esters is 1. The number of carbonyl (C=O) groups is 3. The van der Waals surface area contributed by atoms with Gasteiger partial charge in [0.15, 0.2) is 11.7 Å². The smallest absolute Gasteiger partial charge is 0.321 e. The van der Waals surface area contributed by atoms with Crippen LogP contribution in [0.3, 0.4) is 0 Å². The highest BCUT2D eigenvalue weighted by Crippen LogP contribution is 2.20. The lowest BCUT2D eigenvalue weighted by molar-refractivity contribution is -0.165. The minimum Gasteiger partial charge on any atom is -0.489 e. The van der Waals surface area contributed by atoms with Crippen molar-refractivity contribution in [2.24, 2.45) is 5.92 Å². The third-order valence-electron chi connectivity index (χ3n) is 4.13. The summed E-state index contributed by atoms with van der Waals surface area (Å²) < 4.78 is 37.8. The maximum absolute atomic E-state index is 13.6. The van der Waals surface area contributed by atoms with Crippen molar-refractivity contribution in [2.75, 3.05) is 11.5 Å². The number of hydrogen-bond donors (Lipinski definition) is 1. The Morgan fingerprint density at radius 1 is 1.03 bits per heavy atom. The number of thioether (sulfide) groups is 1. The van der Waals surface area contributed by atoms with E-state index in [-0.39, 0.29) is 29.5 Å². The Kier molecular flexibility index (Phi) is 8.77. The molecular weight excluding hydrogens is 442 g/mol. The van der Waals surface area contributed by atoms with Gasteiger partial charge in [-0.25, -0.2) is 8.78 Å². The fourth-order valence-corrected chi connectivity index (χ4v) is 3.51. The zero-order valence-corrected chi connectivity index (χ0v) is 18.7. The largest absolute Gasteiger partial charge is 0.489 e.